The predicted octanol–water partition coefficient (Wildman–Crippen LogP) is 2.64. The van der Waals surface area contributed by atoms with Crippen molar-refractivity contribution >= 4 is 40.2 Å². The van der Waals surface area contributed by atoms with Crippen LogP contribution in [0, 0.1) is 5.92 Å². The summed E-state index contributed by atoms with van der Waals surface area (Å²) >= 11 is 0. The van der Waals surface area contributed by atoms with Gasteiger partial charge in [0.1, 0.15) is 6.54 Å². The smallest absolute Gasteiger partial charge is 0.311 e. The first-order chi connectivity index (χ1) is 13.3. The minimum atomic E-state index is -0.951. The van der Waals surface area contributed by atoms with Gasteiger partial charge in [-0.3, -0.25) is 19.3 Å². The van der Waals surface area contributed by atoms with E-state index in [9.17, 15) is 19.2 Å². The number of urea groups is 1. The molecule has 3 rings (SSSR count). The Kier molecular flexibility index (Phi) is 5.44. The monoisotopic (exact) mass is 381 g/mol. The number of amides is 5. The number of carbonyl (C=O) groups is 4. The highest BCUT2D eigenvalue weighted by Crippen LogP contribution is 2.27. The molecule has 0 bridgehead atoms. The van der Waals surface area contributed by atoms with Crippen LogP contribution in [-0.2, 0) is 14.4 Å². The average molecular weight is 381 g/mol. The predicted molar refractivity (Wildman–Crippen MR) is 106 cm³/mol. The van der Waals surface area contributed by atoms with E-state index in [0.717, 1.165) is 20.6 Å². The SMILES string of the molecule is CCN(C(=O)CN1C(=O)C(=O)N(CC(C)C)C1=O)c1cccc2ccccc12. The van der Waals surface area contributed by atoms with Crippen LogP contribution in [0.4, 0.5) is 10.5 Å². The Hall–Kier alpha value is -3.22. The minimum Gasteiger partial charge on any atom is -0.311 e. The van der Waals surface area contributed by atoms with E-state index in [2.05, 4.69) is 0 Å². The van der Waals surface area contributed by atoms with Gasteiger partial charge >= 0.3 is 17.8 Å². The molecule has 2 aromatic rings. The van der Waals surface area contributed by atoms with Gasteiger partial charge in [-0.2, -0.15) is 0 Å². The van der Waals surface area contributed by atoms with E-state index in [1.54, 1.807) is 0 Å². The topological polar surface area (TPSA) is 78.0 Å². The van der Waals surface area contributed by atoms with E-state index >= 15 is 0 Å². The molecule has 2 aromatic carbocycles. The van der Waals surface area contributed by atoms with Crippen LogP contribution in [0.25, 0.3) is 10.8 Å². The van der Waals surface area contributed by atoms with Gasteiger partial charge < -0.3 is 4.90 Å². The molecule has 0 radical (unpaired) electrons. The summed E-state index contributed by atoms with van der Waals surface area (Å²) < 4.78 is 0. The number of imide groups is 2. The maximum atomic E-state index is 13.0. The van der Waals surface area contributed by atoms with Crippen LogP contribution in [0.1, 0.15) is 20.8 Å². The number of likely N-dealkylation sites (N-methyl/N-ethyl adjacent to an activating group) is 1. The molecule has 7 nitrogen and oxygen atoms in total. The van der Waals surface area contributed by atoms with Gasteiger partial charge in [0.2, 0.25) is 5.91 Å². The Balaban J connectivity index is 1.85. The van der Waals surface area contributed by atoms with E-state index in [1.165, 1.54) is 4.90 Å². The van der Waals surface area contributed by atoms with Crippen molar-refractivity contribution in [2.75, 3.05) is 24.5 Å². The molecule has 0 atom stereocenters. The molecule has 5 amide bonds. The molecule has 146 valence electrons. The fraction of sp³-hybridized carbons (Fsp3) is 0.333. The highest BCUT2D eigenvalue weighted by Gasteiger charge is 2.45. The Morgan fingerprint density at radius 1 is 0.964 bits per heavy atom. The second-order valence-corrected chi connectivity index (χ2v) is 7.12. The summed E-state index contributed by atoms with van der Waals surface area (Å²) in [6, 6.07) is 12.6. The molecular formula is C21H23N3O4. The highest BCUT2D eigenvalue weighted by molar-refractivity contribution is 6.45. The lowest BCUT2D eigenvalue weighted by Crippen LogP contribution is -2.44. The summed E-state index contributed by atoms with van der Waals surface area (Å²) in [5.41, 5.74) is 0.704. The van der Waals surface area contributed by atoms with E-state index in [0.29, 0.717) is 12.2 Å². The lowest BCUT2D eigenvalue weighted by Gasteiger charge is -2.25. The number of fused-ring (bicyclic) bond motifs is 1. The van der Waals surface area contributed by atoms with Crippen molar-refractivity contribution in [3.05, 3.63) is 42.5 Å². The van der Waals surface area contributed by atoms with Crippen LogP contribution in [0.5, 0.6) is 0 Å². The number of nitrogens with zero attached hydrogens (tertiary/aromatic N) is 3. The third kappa shape index (κ3) is 3.47. The number of hydrogen-bond acceptors (Lipinski definition) is 4. The molecule has 7 heteroatoms. The minimum absolute atomic E-state index is 0.0270. The lowest BCUT2D eigenvalue weighted by molar-refractivity contribution is -0.144. The van der Waals surface area contributed by atoms with Crippen molar-refractivity contribution in [2.24, 2.45) is 5.92 Å². The Morgan fingerprint density at radius 3 is 2.29 bits per heavy atom. The summed E-state index contributed by atoms with van der Waals surface area (Å²) in [5.74, 6) is -2.22. The molecule has 0 aromatic heterocycles. The number of carbonyl (C=O) groups excluding carboxylic acids is 4. The molecule has 1 heterocycles. The summed E-state index contributed by atoms with van der Waals surface area (Å²) in [5, 5.41) is 1.88. The van der Waals surface area contributed by atoms with Gasteiger partial charge in [0, 0.05) is 18.5 Å². The maximum absolute atomic E-state index is 13.0. The summed E-state index contributed by atoms with van der Waals surface area (Å²) in [7, 11) is 0. The average Bonchev–Trinajstić information content (AvgIpc) is 2.86. The van der Waals surface area contributed by atoms with Gasteiger partial charge in [0.15, 0.2) is 0 Å². The van der Waals surface area contributed by atoms with Gasteiger partial charge in [-0.1, -0.05) is 50.2 Å². The number of hydrogen-bond donors (Lipinski definition) is 0. The molecule has 0 saturated carbocycles. The zero-order chi connectivity index (χ0) is 20.4. The van der Waals surface area contributed by atoms with Gasteiger partial charge in [0.25, 0.3) is 0 Å². The van der Waals surface area contributed by atoms with E-state index in [4.69, 9.17) is 0 Å². The molecule has 28 heavy (non-hydrogen) atoms. The molecule has 1 aliphatic rings. The maximum Gasteiger partial charge on any atom is 0.334 e. The first-order valence-electron chi connectivity index (χ1n) is 9.30. The second kappa shape index (κ2) is 7.80. The molecule has 1 fully saturated rings. The van der Waals surface area contributed by atoms with Crippen LogP contribution in [0.15, 0.2) is 42.5 Å². The second-order valence-electron chi connectivity index (χ2n) is 7.12. The summed E-state index contributed by atoms with van der Waals surface area (Å²) in [6.07, 6.45) is 0. The molecule has 0 N–H and O–H groups in total. The molecule has 1 saturated heterocycles. The molecular weight excluding hydrogens is 358 g/mol. The Morgan fingerprint density at radius 2 is 1.61 bits per heavy atom. The van der Waals surface area contributed by atoms with Crippen LogP contribution in [-0.4, -0.2) is 53.2 Å². The van der Waals surface area contributed by atoms with Gasteiger partial charge in [-0.25, -0.2) is 9.69 Å². The van der Waals surface area contributed by atoms with Crippen LogP contribution in [0.2, 0.25) is 0 Å². The van der Waals surface area contributed by atoms with Crippen molar-refractivity contribution in [3.8, 4) is 0 Å². The van der Waals surface area contributed by atoms with Crippen molar-refractivity contribution < 1.29 is 19.2 Å². The molecule has 0 spiro atoms. The first kappa shape index (κ1) is 19.5. The third-order valence-corrected chi connectivity index (χ3v) is 4.65. The highest BCUT2D eigenvalue weighted by atomic mass is 16.2. The van der Waals surface area contributed by atoms with Gasteiger partial charge in [0.05, 0.1) is 5.69 Å². The zero-order valence-electron chi connectivity index (χ0n) is 16.2. The molecule has 0 aliphatic carbocycles. The van der Waals surface area contributed by atoms with Gasteiger partial charge in [-0.05, 0) is 24.3 Å². The fourth-order valence-corrected chi connectivity index (χ4v) is 3.36. The van der Waals surface area contributed by atoms with Crippen LogP contribution in [0.3, 0.4) is 0 Å². The molecule has 1 aliphatic heterocycles. The summed E-state index contributed by atoms with van der Waals surface area (Å²) in [6.45, 7) is 5.57. The van der Waals surface area contributed by atoms with Gasteiger partial charge in [-0.15, -0.1) is 0 Å². The fourth-order valence-electron chi connectivity index (χ4n) is 3.36. The van der Waals surface area contributed by atoms with E-state index in [-0.39, 0.29) is 12.5 Å². The normalized spacial score (nSPS) is 14.5. The van der Waals surface area contributed by atoms with E-state index < -0.39 is 30.3 Å². The molecule has 0 unspecified atom stereocenters. The van der Waals surface area contributed by atoms with E-state index in [1.807, 2.05) is 63.2 Å². The van der Waals surface area contributed by atoms with Crippen molar-refractivity contribution in [1.29, 1.82) is 0 Å². The van der Waals surface area contributed by atoms with Crippen molar-refractivity contribution in [2.45, 2.75) is 20.8 Å². The van der Waals surface area contributed by atoms with Crippen LogP contribution < -0.4 is 4.90 Å². The Labute approximate surface area is 163 Å². The number of rotatable bonds is 6. The summed E-state index contributed by atoms with van der Waals surface area (Å²) in [4.78, 5) is 53.0. The van der Waals surface area contributed by atoms with Crippen molar-refractivity contribution in [1.82, 2.24) is 9.80 Å². The quantitative estimate of drug-likeness (QED) is 0.569. The van der Waals surface area contributed by atoms with Crippen molar-refractivity contribution in [3.63, 3.8) is 0 Å². The lowest BCUT2D eigenvalue weighted by atomic mass is 10.1. The first-order valence-corrected chi connectivity index (χ1v) is 9.30. The third-order valence-electron chi connectivity index (χ3n) is 4.65. The number of anilines is 1. The largest absolute Gasteiger partial charge is 0.334 e. The van der Waals surface area contributed by atoms with Crippen LogP contribution >= 0.6 is 0 Å². The Bertz CT molecular complexity index is 948. The standard InChI is InChI=1S/C21H23N3O4/c1-4-22(17-11-7-9-15-8-5-6-10-16(15)17)18(25)13-24-20(27)19(26)23(21(24)28)12-14(2)3/h5-11,14H,4,12-13H2,1-3H3. The number of benzene rings is 2. The zero-order valence-corrected chi connectivity index (χ0v) is 16.2.